The van der Waals surface area contributed by atoms with Crippen LogP contribution in [0.2, 0.25) is 0 Å². The zero-order chi connectivity index (χ0) is 28.6. The van der Waals surface area contributed by atoms with E-state index in [-0.39, 0.29) is 35.7 Å². The Balaban J connectivity index is 1.85. The molecule has 0 saturated carbocycles. The van der Waals surface area contributed by atoms with Crippen LogP contribution in [0.25, 0.3) is 16.9 Å². The molecule has 0 fully saturated rings. The zero-order valence-corrected chi connectivity index (χ0v) is 23.6. The van der Waals surface area contributed by atoms with Crippen LogP contribution >= 0.6 is 11.8 Å². The third-order valence-electron chi connectivity index (χ3n) is 6.94. The molecule has 1 aliphatic rings. The highest BCUT2D eigenvalue weighted by molar-refractivity contribution is 8.00. The highest BCUT2D eigenvalue weighted by Crippen LogP contribution is 2.49. The van der Waals surface area contributed by atoms with Crippen molar-refractivity contribution >= 4 is 29.4 Å². The molecule has 4 aromatic rings. The number of carbonyl (C=O) groups is 2. The van der Waals surface area contributed by atoms with Crippen LogP contribution < -0.4 is 10.2 Å². The summed E-state index contributed by atoms with van der Waals surface area (Å²) in [5.41, 5.74) is 4.89. The summed E-state index contributed by atoms with van der Waals surface area (Å²) < 4.78 is 31.0. The minimum absolute atomic E-state index is 0.00779. The Hall–Kier alpha value is -3.98. The van der Waals surface area contributed by atoms with E-state index in [1.807, 2.05) is 76.2 Å². The smallest absolute Gasteiger partial charge is 0.240 e. The number of aryl methyl sites for hydroxylation is 1. The van der Waals surface area contributed by atoms with Crippen LogP contribution in [0.5, 0.6) is 0 Å². The summed E-state index contributed by atoms with van der Waals surface area (Å²) in [6, 6.07) is 18.7. The Kier molecular flexibility index (Phi) is 7.76. The lowest BCUT2D eigenvalue weighted by Crippen LogP contribution is -2.44. The number of aromatic nitrogens is 2. The van der Waals surface area contributed by atoms with Gasteiger partial charge < -0.3 is 5.32 Å². The van der Waals surface area contributed by atoms with E-state index in [0.29, 0.717) is 17.1 Å². The number of halogens is 2. The van der Waals surface area contributed by atoms with Gasteiger partial charge in [0.2, 0.25) is 11.8 Å². The van der Waals surface area contributed by atoms with Crippen LogP contribution in [0, 0.1) is 25.5 Å². The normalized spacial score (nSPS) is 15.2. The summed E-state index contributed by atoms with van der Waals surface area (Å²) in [6.07, 6.45) is 0. The van der Waals surface area contributed by atoms with Gasteiger partial charge in [-0.1, -0.05) is 48.5 Å². The standard InChI is InChI=1S/C31H30F2N4O2S/c1-18(2)34-26(38)16-36-27(39)17-40-30(23-14-13-22(32)15-24(23)33)28-29(21-10-6-5-7-11-21)35-37(31(28)36)25-12-8-9-19(3)20(25)4/h5-15,18,30H,16-17H2,1-4H3,(H,34,38). The van der Waals surface area contributed by atoms with Crippen LogP contribution in [0.15, 0.2) is 66.7 Å². The van der Waals surface area contributed by atoms with Crippen LogP contribution in [-0.4, -0.2) is 39.9 Å². The predicted molar refractivity (Wildman–Crippen MR) is 155 cm³/mol. The van der Waals surface area contributed by atoms with E-state index in [1.54, 1.807) is 4.68 Å². The lowest BCUT2D eigenvalue weighted by atomic mass is 9.99. The monoisotopic (exact) mass is 560 g/mol. The van der Waals surface area contributed by atoms with E-state index in [9.17, 15) is 14.0 Å². The van der Waals surface area contributed by atoms with Crippen molar-refractivity contribution in [2.45, 2.75) is 39.0 Å². The second kappa shape index (κ2) is 11.3. The first-order valence-electron chi connectivity index (χ1n) is 13.1. The minimum Gasteiger partial charge on any atom is -0.352 e. The molecule has 1 unspecified atom stereocenters. The summed E-state index contributed by atoms with van der Waals surface area (Å²) in [6.45, 7) is 7.44. The van der Waals surface area contributed by atoms with Crippen LogP contribution in [0.4, 0.5) is 14.6 Å². The number of nitrogens with zero attached hydrogens (tertiary/aromatic N) is 3. The molecular weight excluding hydrogens is 530 g/mol. The highest BCUT2D eigenvalue weighted by atomic mass is 32.2. The SMILES string of the molecule is Cc1cccc(-n2nc(-c3ccccc3)c3c2N(CC(=O)NC(C)C)C(=O)CSC3c2ccc(F)cc2F)c1C. The van der Waals surface area contributed by atoms with Crippen molar-refractivity contribution in [2.75, 3.05) is 17.2 Å². The van der Waals surface area contributed by atoms with Gasteiger partial charge in [-0.05, 0) is 51.0 Å². The predicted octanol–water partition coefficient (Wildman–Crippen LogP) is 6.13. The molecule has 0 saturated heterocycles. The van der Waals surface area contributed by atoms with E-state index in [4.69, 9.17) is 5.10 Å². The maximum absolute atomic E-state index is 15.3. The molecule has 0 aliphatic carbocycles. The number of carbonyl (C=O) groups excluding carboxylic acids is 2. The van der Waals surface area contributed by atoms with Gasteiger partial charge >= 0.3 is 0 Å². The number of thioether (sulfide) groups is 1. The van der Waals surface area contributed by atoms with E-state index in [2.05, 4.69) is 5.32 Å². The maximum Gasteiger partial charge on any atom is 0.240 e. The fourth-order valence-electron chi connectivity index (χ4n) is 4.93. The molecule has 3 aromatic carbocycles. The van der Waals surface area contributed by atoms with Crippen LogP contribution in [0.1, 0.15) is 41.4 Å². The molecule has 1 aromatic heterocycles. The lowest BCUT2D eigenvalue weighted by molar-refractivity contribution is -0.123. The van der Waals surface area contributed by atoms with Crippen LogP contribution in [0.3, 0.4) is 0 Å². The van der Waals surface area contributed by atoms with Gasteiger partial charge in [-0.2, -0.15) is 5.10 Å². The van der Waals surface area contributed by atoms with Crippen LogP contribution in [-0.2, 0) is 9.59 Å². The van der Waals surface area contributed by atoms with E-state index >= 15 is 4.39 Å². The quantitative estimate of drug-likeness (QED) is 0.308. The molecule has 0 bridgehead atoms. The Bertz CT molecular complexity index is 1590. The van der Waals surface area contributed by atoms with Crippen molar-refractivity contribution in [1.82, 2.24) is 15.1 Å². The first kappa shape index (κ1) is 27.6. The first-order chi connectivity index (χ1) is 19.2. The Morgan fingerprint density at radius 2 is 1.82 bits per heavy atom. The average Bonchev–Trinajstić information content (AvgIpc) is 3.23. The van der Waals surface area contributed by atoms with Gasteiger partial charge in [0, 0.05) is 28.8 Å². The Morgan fingerprint density at radius 3 is 2.52 bits per heavy atom. The molecular formula is C31H30F2N4O2S. The summed E-state index contributed by atoms with van der Waals surface area (Å²) in [5.74, 6) is -1.62. The average molecular weight is 561 g/mol. The Morgan fingerprint density at radius 1 is 1.07 bits per heavy atom. The van der Waals surface area contributed by atoms with Gasteiger partial charge in [-0.3, -0.25) is 14.5 Å². The molecule has 206 valence electrons. The largest absolute Gasteiger partial charge is 0.352 e. The number of benzene rings is 3. The minimum atomic E-state index is -0.708. The molecule has 2 amide bonds. The molecule has 2 heterocycles. The zero-order valence-electron chi connectivity index (χ0n) is 22.7. The molecule has 1 atom stereocenters. The third-order valence-corrected chi connectivity index (χ3v) is 8.17. The highest BCUT2D eigenvalue weighted by Gasteiger charge is 2.38. The van der Waals surface area contributed by atoms with Crippen molar-refractivity contribution in [3.05, 3.63) is 101 Å². The maximum atomic E-state index is 15.3. The van der Waals surface area contributed by atoms with Gasteiger partial charge in [0.25, 0.3) is 0 Å². The number of anilines is 1. The number of hydrogen-bond acceptors (Lipinski definition) is 4. The van der Waals surface area contributed by atoms with Crippen molar-refractivity contribution < 1.29 is 18.4 Å². The molecule has 1 aliphatic heterocycles. The number of amides is 2. The number of hydrogen-bond donors (Lipinski definition) is 1. The van der Waals surface area contributed by atoms with Gasteiger partial charge in [-0.15, -0.1) is 11.8 Å². The summed E-state index contributed by atoms with van der Waals surface area (Å²) in [5, 5.41) is 7.21. The molecule has 5 rings (SSSR count). The van der Waals surface area contributed by atoms with Gasteiger partial charge in [-0.25, -0.2) is 13.5 Å². The lowest BCUT2D eigenvalue weighted by Gasteiger charge is -2.24. The second-order valence-corrected chi connectivity index (χ2v) is 11.2. The molecule has 40 heavy (non-hydrogen) atoms. The molecule has 9 heteroatoms. The van der Waals surface area contributed by atoms with Gasteiger partial charge in [0.05, 0.1) is 22.4 Å². The molecule has 1 N–H and O–H groups in total. The number of nitrogens with one attached hydrogen (secondary N) is 1. The van der Waals surface area contributed by atoms with E-state index < -0.39 is 16.9 Å². The topological polar surface area (TPSA) is 67.2 Å². The summed E-state index contributed by atoms with van der Waals surface area (Å²) in [4.78, 5) is 28.2. The van der Waals surface area contributed by atoms with E-state index in [1.165, 1.54) is 28.8 Å². The van der Waals surface area contributed by atoms with Crippen molar-refractivity contribution in [1.29, 1.82) is 0 Å². The number of fused-ring (bicyclic) bond motifs is 1. The fourth-order valence-corrected chi connectivity index (χ4v) is 6.15. The van der Waals surface area contributed by atoms with Crippen molar-refractivity contribution in [3.63, 3.8) is 0 Å². The summed E-state index contributed by atoms with van der Waals surface area (Å²) >= 11 is 1.24. The molecule has 0 radical (unpaired) electrons. The van der Waals surface area contributed by atoms with Gasteiger partial charge in [0.1, 0.15) is 24.0 Å². The second-order valence-electron chi connectivity index (χ2n) is 10.1. The van der Waals surface area contributed by atoms with Crippen molar-refractivity contribution in [3.8, 4) is 16.9 Å². The summed E-state index contributed by atoms with van der Waals surface area (Å²) in [7, 11) is 0. The number of rotatable bonds is 6. The van der Waals surface area contributed by atoms with E-state index in [0.717, 1.165) is 28.4 Å². The molecule has 0 spiro atoms. The Labute approximate surface area is 236 Å². The molecule has 6 nitrogen and oxygen atoms in total. The fraction of sp³-hybridized carbons (Fsp3) is 0.258. The van der Waals surface area contributed by atoms with Gasteiger partial charge in [0.15, 0.2) is 0 Å². The first-order valence-corrected chi connectivity index (χ1v) is 14.1. The van der Waals surface area contributed by atoms with Crippen molar-refractivity contribution in [2.24, 2.45) is 0 Å². The third kappa shape index (κ3) is 5.25.